The van der Waals surface area contributed by atoms with E-state index in [1.54, 1.807) is 30.3 Å². The fourth-order valence-electron chi connectivity index (χ4n) is 3.52. The molecule has 3 N–H and O–H groups in total. The molecular weight excluding hydrogens is 423 g/mol. The molecule has 1 aliphatic rings. The smallest absolute Gasteiger partial charge is 0.240 e. The molecule has 0 saturated carbocycles. The lowest BCUT2D eigenvalue weighted by atomic mass is 9.98. The van der Waals surface area contributed by atoms with E-state index in [9.17, 15) is 22.7 Å². The van der Waals surface area contributed by atoms with Gasteiger partial charge in [0.25, 0.3) is 0 Å². The molecule has 2 aromatic carbocycles. The average Bonchev–Trinajstić information content (AvgIpc) is 2.74. The van der Waals surface area contributed by atoms with E-state index < -0.39 is 28.3 Å². The first-order chi connectivity index (χ1) is 14.8. The Hall–Kier alpha value is -2.33. The molecule has 1 amide bonds. The lowest BCUT2D eigenvalue weighted by Crippen LogP contribution is -2.51. The second-order valence-corrected chi connectivity index (χ2v) is 9.38. The number of halogens is 1. The van der Waals surface area contributed by atoms with Gasteiger partial charge in [0.2, 0.25) is 15.9 Å². The van der Waals surface area contributed by atoms with Crippen molar-refractivity contribution < 1.29 is 27.4 Å². The number of sulfonamides is 1. The summed E-state index contributed by atoms with van der Waals surface area (Å²) in [5.41, 5.74) is 1.34. The van der Waals surface area contributed by atoms with Crippen LogP contribution in [0.3, 0.4) is 0 Å². The molecule has 3 atom stereocenters. The summed E-state index contributed by atoms with van der Waals surface area (Å²) in [6.07, 6.45) is -0.314. The molecule has 0 unspecified atom stereocenters. The molecule has 0 bridgehead atoms. The quantitative estimate of drug-likeness (QED) is 0.571. The number of nitrogens with one attached hydrogen (secondary N) is 2. The number of hydrogen-bond donors (Lipinski definition) is 3. The maximum absolute atomic E-state index is 13.7. The summed E-state index contributed by atoms with van der Waals surface area (Å²) < 4.78 is 47.3. The van der Waals surface area contributed by atoms with Gasteiger partial charge in [-0.3, -0.25) is 4.79 Å². The number of aliphatic hydroxyl groups excluding tert-OH is 1. The van der Waals surface area contributed by atoms with Gasteiger partial charge in [0.05, 0.1) is 36.2 Å². The lowest BCUT2D eigenvalue weighted by Gasteiger charge is -2.35. The number of carbonyl (C=O) groups is 1. The van der Waals surface area contributed by atoms with Crippen LogP contribution in [-0.4, -0.2) is 44.3 Å². The number of amides is 1. The third-order valence-electron chi connectivity index (χ3n) is 5.28. The van der Waals surface area contributed by atoms with Crippen LogP contribution >= 0.6 is 0 Å². The Balaban J connectivity index is 1.53. The van der Waals surface area contributed by atoms with Gasteiger partial charge in [-0.15, -0.1) is 0 Å². The first kappa shape index (κ1) is 23.3. The molecule has 3 rings (SSSR count). The van der Waals surface area contributed by atoms with Crippen molar-refractivity contribution in [3.8, 4) is 0 Å². The van der Waals surface area contributed by atoms with Crippen LogP contribution in [0.5, 0.6) is 0 Å². The van der Waals surface area contributed by atoms with Crippen molar-refractivity contribution in [2.24, 2.45) is 0 Å². The largest absolute Gasteiger partial charge is 0.394 e. The molecule has 9 heteroatoms. The van der Waals surface area contributed by atoms with Gasteiger partial charge in [-0.1, -0.05) is 35.9 Å². The van der Waals surface area contributed by atoms with Crippen LogP contribution in [0, 0.1) is 12.7 Å². The van der Waals surface area contributed by atoms with E-state index in [1.807, 2.05) is 6.92 Å². The molecule has 1 saturated heterocycles. The van der Waals surface area contributed by atoms with Gasteiger partial charge in [-0.05, 0) is 38.0 Å². The van der Waals surface area contributed by atoms with E-state index in [0.717, 1.165) is 5.56 Å². The standard InChI is InChI=1S/C22H27FN2O5S/c1-15-6-9-18(10-7-15)31(28,29)25-20-11-8-17(30-21(20)14-26)12-22(27)24-13-16-4-2-3-5-19(16)23/h2-7,9-10,17,20-21,25-26H,8,11-14H2,1H3,(H,24,27)/t17-,20-,21+/m0/s1. The second-order valence-electron chi connectivity index (χ2n) is 7.67. The average molecular weight is 451 g/mol. The van der Waals surface area contributed by atoms with Gasteiger partial charge in [-0.25, -0.2) is 17.5 Å². The van der Waals surface area contributed by atoms with E-state index in [-0.39, 0.29) is 36.2 Å². The highest BCUT2D eigenvalue weighted by atomic mass is 32.2. The molecule has 168 valence electrons. The highest BCUT2D eigenvalue weighted by molar-refractivity contribution is 7.89. The molecular formula is C22H27FN2O5S. The molecule has 0 spiro atoms. The number of aliphatic hydroxyl groups is 1. The van der Waals surface area contributed by atoms with Crippen LogP contribution in [0.15, 0.2) is 53.4 Å². The van der Waals surface area contributed by atoms with Crippen LogP contribution in [0.2, 0.25) is 0 Å². The second kappa shape index (κ2) is 10.3. The van der Waals surface area contributed by atoms with Crippen molar-refractivity contribution in [3.05, 3.63) is 65.5 Å². The molecule has 1 aliphatic heterocycles. The Morgan fingerprint density at radius 3 is 2.55 bits per heavy atom. The fourth-order valence-corrected chi connectivity index (χ4v) is 4.81. The highest BCUT2D eigenvalue weighted by Crippen LogP contribution is 2.24. The predicted octanol–water partition coefficient (Wildman–Crippen LogP) is 2.03. The zero-order valence-corrected chi connectivity index (χ0v) is 18.1. The lowest BCUT2D eigenvalue weighted by molar-refractivity contribution is -0.130. The van der Waals surface area contributed by atoms with Crippen LogP contribution in [0.1, 0.15) is 30.4 Å². The Morgan fingerprint density at radius 2 is 1.87 bits per heavy atom. The van der Waals surface area contributed by atoms with Crippen LogP contribution in [0.4, 0.5) is 4.39 Å². The Morgan fingerprint density at radius 1 is 1.16 bits per heavy atom. The summed E-state index contributed by atoms with van der Waals surface area (Å²) in [7, 11) is -3.76. The first-order valence-electron chi connectivity index (χ1n) is 10.1. The summed E-state index contributed by atoms with van der Waals surface area (Å²) >= 11 is 0. The molecule has 0 aliphatic carbocycles. The monoisotopic (exact) mass is 450 g/mol. The van der Waals surface area contributed by atoms with Gasteiger partial charge in [0.15, 0.2) is 0 Å². The summed E-state index contributed by atoms with van der Waals surface area (Å²) in [5.74, 6) is -0.690. The predicted molar refractivity (Wildman–Crippen MR) is 113 cm³/mol. The third-order valence-corrected chi connectivity index (χ3v) is 6.79. The Kier molecular flexibility index (Phi) is 7.77. The van der Waals surface area contributed by atoms with Crippen molar-refractivity contribution in [2.75, 3.05) is 6.61 Å². The van der Waals surface area contributed by atoms with Crippen molar-refractivity contribution in [2.45, 2.75) is 55.9 Å². The number of hydrogen-bond acceptors (Lipinski definition) is 5. The van der Waals surface area contributed by atoms with E-state index in [0.29, 0.717) is 18.4 Å². The molecule has 7 nitrogen and oxygen atoms in total. The van der Waals surface area contributed by atoms with Crippen molar-refractivity contribution >= 4 is 15.9 Å². The minimum absolute atomic E-state index is 0.0440. The maximum Gasteiger partial charge on any atom is 0.240 e. The van der Waals surface area contributed by atoms with Gasteiger partial charge in [0, 0.05) is 12.1 Å². The van der Waals surface area contributed by atoms with Crippen LogP contribution < -0.4 is 10.0 Å². The molecule has 2 aromatic rings. The van der Waals surface area contributed by atoms with E-state index >= 15 is 0 Å². The zero-order valence-electron chi connectivity index (χ0n) is 17.3. The van der Waals surface area contributed by atoms with Crippen molar-refractivity contribution in [1.29, 1.82) is 0 Å². The molecule has 0 aromatic heterocycles. The molecule has 1 heterocycles. The van der Waals surface area contributed by atoms with Crippen LogP contribution in [-0.2, 0) is 26.1 Å². The summed E-state index contributed by atoms with van der Waals surface area (Å²) in [5, 5.41) is 12.4. The topological polar surface area (TPSA) is 105 Å². The maximum atomic E-state index is 13.7. The number of carbonyl (C=O) groups excluding carboxylic acids is 1. The highest BCUT2D eigenvalue weighted by Gasteiger charge is 2.34. The first-order valence-corrected chi connectivity index (χ1v) is 11.6. The molecule has 1 fully saturated rings. The summed E-state index contributed by atoms with van der Waals surface area (Å²) in [6.45, 7) is 1.56. The van der Waals surface area contributed by atoms with Crippen molar-refractivity contribution in [1.82, 2.24) is 10.0 Å². The summed E-state index contributed by atoms with van der Waals surface area (Å²) in [4.78, 5) is 12.4. The fraction of sp³-hybridized carbons (Fsp3) is 0.409. The Labute approximate surface area is 181 Å². The zero-order chi connectivity index (χ0) is 22.4. The minimum Gasteiger partial charge on any atom is -0.394 e. The van der Waals surface area contributed by atoms with Crippen LogP contribution in [0.25, 0.3) is 0 Å². The van der Waals surface area contributed by atoms with Gasteiger partial charge in [0.1, 0.15) is 5.82 Å². The Bertz CT molecular complexity index is 997. The number of aryl methyl sites for hydroxylation is 1. The third kappa shape index (κ3) is 6.33. The van der Waals surface area contributed by atoms with Crippen molar-refractivity contribution in [3.63, 3.8) is 0 Å². The molecule has 0 radical (unpaired) electrons. The minimum atomic E-state index is -3.76. The SMILES string of the molecule is Cc1ccc(S(=O)(=O)N[C@H]2CC[C@@H](CC(=O)NCc3ccccc3F)O[C@@H]2CO)cc1. The van der Waals surface area contributed by atoms with E-state index in [1.165, 1.54) is 18.2 Å². The number of rotatable bonds is 8. The van der Waals surface area contributed by atoms with E-state index in [4.69, 9.17) is 4.74 Å². The molecule has 31 heavy (non-hydrogen) atoms. The van der Waals surface area contributed by atoms with Gasteiger partial charge in [-0.2, -0.15) is 0 Å². The van der Waals surface area contributed by atoms with Gasteiger partial charge < -0.3 is 15.2 Å². The summed E-state index contributed by atoms with van der Waals surface area (Å²) in [6, 6.07) is 12.1. The van der Waals surface area contributed by atoms with E-state index in [2.05, 4.69) is 10.0 Å². The number of benzene rings is 2. The van der Waals surface area contributed by atoms with Gasteiger partial charge >= 0.3 is 0 Å². The number of ether oxygens (including phenoxy) is 1. The normalized spacial score (nSPS) is 21.6.